The van der Waals surface area contributed by atoms with Gasteiger partial charge in [-0.15, -0.1) is 0 Å². The standard InChI is InChI=1S/C15H19N3O5/c1-3-17-6-7-23-15(20)13(17)9-14(19)16-12-5-4-11(18(21)22)8-10(12)2/h4-5,8,13H,3,6-7,9H2,1-2H3,(H,16,19). The van der Waals surface area contributed by atoms with Gasteiger partial charge in [0.05, 0.1) is 11.3 Å². The smallest absolute Gasteiger partial charge is 0.323 e. The number of anilines is 1. The van der Waals surface area contributed by atoms with Gasteiger partial charge in [-0.25, -0.2) is 0 Å². The van der Waals surface area contributed by atoms with Crippen molar-refractivity contribution in [3.63, 3.8) is 0 Å². The molecule has 23 heavy (non-hydrogen) atoms. The third-order valence-corrected chi connectivity index (χ3v) is 3.82. The predicted octanol–water partition coefficient (Wildman–Crippen LogP) is 1.48. The summed E-state index contributed by atoms with van der Waals surface area (Å²) in [6, 6.07) is 3.62. The number of nitro groups is 1. The summed E-state index contributed by atoms with van der Waals surface area (Å²) in [7, 11) is 0. The second-order valence-corrected chi connectivity index (χ2v) is 5.32. The third-order valence-electron chi connectivity index (χ3n) is 3.82. The van der Waals surface area contributed by atoms with Crippen molar-refractivity contribution in [2.75, 3.05) is 25.0 Å². The van der Waals surface area contributed by atoms with Gasteiger partial charge in [-0.2, -0.15) is 0 Å². The first-order valence-electron chi connectivity index (χ1n) is 7.38. The van der Waals surface area contributed by atoms with Crippen molar-refractivity contribution in [1.82, 2.24) is 4.90 Å². The predicted molar refractivity (Wildman–Crippen MR) is 83.1 cm³/mol. The maximum absolute atomic E-state index is 12.2. The lowest BCUT2D eigenvalue weighted by Crippen LogP contribution is -2.50. The lowest BCUT2D eigenvalue weighted by molar-refractivity contribution is -0.384. The fourth-order valence-electron chi connectivity index (χ4n) is 2.53. The molecule has 1 fully saturated rings. The molecular formula is C15H19N3O5. The molecule has 1 aliphatic heterocycles. The number of non-ortho nitro benzene ring substituents is 1. The zero-order chi connectivity index (χ0) is 17.0. The largest absolute Gasteiger partial charge is 0.463 e. The Balaban J connectivity index is 2.04. The van der Waals surface area contributed by atoms with Crippen LogP contribution in [0.25, 0.3) is 0 Å². The fraction of sp³-hybridized carbons (Fsp3) is 0.467. The molecular weight excluding hydrogens is 302 g/mol. The van der Waals surface area contributed by atoms with Crippen LogP contribution >= 0.6 is 0 Å². The van der Waals surface area contributed by atoms with E-state index >= 15 is 0 Å². The van der Waals surface area contributed by atoms with Crippen LogP contribution in [0.4, 0.5) is 11.4 Å². The Morgan fingerprint density at radius 3 is 2.87 bits per heavy atom. The fourth-order valence-corrected chi connectivity index (χ4v) is 2.53. The van der Waals surface area contributed by atoms with Crippen LogP contribution in [-0.4, -0.2) is 47.4 Å². The molecule has 8 nitrogen and oxygen atoms in total. The van der Waals surface area contributed by atoms with Crippen LogP contribution in [-0.2, 0) is 14.3 Å². The Morgan fingerprint density at radius 1 is 1.52 bits per heavy atom. The van der Waals surface area contributed by atoms with E-state index < -0.39 is 16.9 Å². The highest BCUT2D eigenvalue weighted by atomic mass is 16.6. The molecule has 0 bridgehead atoms. The number of esters is 1. The van der Waals surface area contributed by atoms with E-state index in [-0.39, 0.29) is 18.0 Å². The molecule has 1 N–H and O–H groups in total. The Morgan fingerprint density at radius 2 is 2.26 bits per heavy atom. The minimum Gasteiger partial charge on any atom is -0.463 e. The molecule has 0 saturated carbocycles. The average molecular weight is 321 g/mol. The van der Waals surface area contributed by atoms with Gasteiger partial charge >= 0.3 is 5.97 Å². The Labute approximate surface area is 133 Å². The Bertz CT molecular complexity index is 632. The molecule has 124 valence electrons. The number of nitro benzene ring substituents is 1. The van der Waals surface area contributed by atoms with Crippen molar-refractivity contribution < 1.29 is 19.2 Å². The minimum atomic E-state index is -0.591. The Hall–Kier alpha value is -2.48. The number of benzene rings is 1. The number of amides is 1. The van der Waals surface area contributed by atoms with Crippen LogP contribution in [0, 0.1) is 17.0 Å². The van der Waals surface area contributed by atoms with Crippen molar-refractivity contribution in [1.29, 1.82) is 0 Å². The lowest BCUT2D eigenvalue weighted by atomic mass is 10.1. The molecule has 0 aromatic heterocycles. The average Bonchev–Trinajstić information content (AvgIpc) is 2.51. The van der Waals surface area contributed by atoms with Crippen molar-refractivity contribution in [3.8, 4) is 0 Å². The van der Waals surface area contributed by atoms with Gasteiger partial charge in [0.2, 0.25) is 5.91 Å². The number of carbonyl (C=O) groups is 2. The second-order valence-electron chi connectivity index (χ2n) is 5.32. The first-order chi connectivity index (χ1) is 10.9. The summed E-state index contributed by atoms with van der Waals surface area (Å²) in [4.78, 5) is 36.1. The number of cyclic esters (lactones) is 1. The van der Waals surface area contributed by atoms with Gasteiger partial charge < -0.3 is 10.1 Å². The molecule has 0 spiro atoms. The Kier molecular flexibility index (Phi) is 5.28. The summed E-state index contributed by atoms with van der Waals surface area (Å²) in [6.45, 7) is 5.20. The van der Waals surface area contributed by atoms with Gasteiger partial charge in [0.25, 0.3) is 5.69 Å². The number of hydrogen-bond acceptors (Lipinski definition) is 6. The van der Waals surface area contributed by atoms with Crippen molar-refractivity contribution >= 4 is 23.3 Å². The number of rotatable bonds is 5. The number of carbonyl (C=O) groups excluding carboxylic acids is 2. The first-order valence-corrected chi connectivity index (χ1v) is 7.38. The summed E-state index contributed by atoms with van der Waals surface area (Å²) in [5.41, 5.74) is 1.05. The maximum atomic E-state index is 12.2. The van der Waals surface area contributed by atoms with E-state index in [1.54, 1.807) is 6.92 Å². The number of likely N-dealkylation sites (N-methyl/N-ethyl adjacent to an activating group) is 1. The van der Waals surface area contributed by atoms with Crippen molar-refractivity contribution in [2.45, 2.75) is 26.3 Å². The van der Waals surface area contributed by atoms with Crippen LogP contribution in [0.15, 0.2) is 18.2 Å². The van der Waals surface area contributed by atoms with Crippen LogP contribution in [0.2, 0.25) is 0 Å². The van der Waals surface area contributed by atoms with E-state index in [4.69, 9.17) is 4.74 Å². The van der Waals surface area contributed by atoms with Gasteiger partial charge in [0.1, 0.15) is 12.6 Å². The molecule has 2 rings (SSSR count). The first kappa shape index (κ1) is 16.9. The number of aryl methyl sites for hydroxylation is 1. The molecule has 1 aromatic carbocycles. The summed E-state index contributed by atoms with van der Waals surface area (Å²) in [5, 5.41) is 13.4. The molecule has 1 aromatic rings. The number of nitrogens with one attached hydrogen (secondary N) is 1. The molecule has 1 unspecified atom stereocenters. The van der Waals surface area contributed by atoms with E-state index in [1.165, 1.54) is 18.2 Å². The highest BCUT2D eigenvalue weighted by Gasteiger charge is 2.32. The molecule has 8 heteroatoms. The number of hydrogen-bond donors (Lipinski definition) is 1. The summed E-state index contributed by atoms with van der Waals surface area (Å²) in [5.74, 6) is -0.724. The maximum Gasteiger partial charge on any atom is 0.323 e. The highest BCUT2D eigenvalue weighted by molar-refractivity contribution is 5.95. The third kappa shape index (κ3) is 4.04. The van der Waals surface area contributed by atoms with Crippen LogP contribution < -0.4 is 5.32 Å². The van der Waals surface area contributed by atoms with Gasteiger partial charge in [0.15, 0.2) is 0 Å². The van der Waals surface area contributed by atoms with Crippen LogP contribution in [0.5, 0.6) is 0 Å². The van der Waals surface area contributed by atoms with E-state index in [9.17, 15) is 19.7 Å². The van der Waals surface area contributed by atoms with E-state index in [0.29, 0.717) is 30.9 Å². The minimum absolute atomic E-state index is 0.0108. The number of nitrogens with zero attached hydrogens (tertiary/aromatic N) is 2. The van der Waals surface area contributed by atoms with Gasteiger partial charge in [-0.3, -0.25) is 24.6 Å². The molecule has 0 radical (unpaired) electrons. The van der Waals surface area contributed by atoms with Gasteiger partial charge in [-0.1, -0.05) is 6.92 Å². The summed E-state index contributed by atoms with van der Waals surface area (Å²) >= 11 is 0. The van der Waals surface area contributed by atoms with Gasteiger partial charge in [0, 0.05) is 24.4 Å². The molecule has 1 atom stereocenters. The SMILES string of the molecule is CCN1CCOC(=O)C1CC(=O)Nc1ccc([N+](=O)[O-])cc1C. The summed E-state index contributed by atoms with van der Waals surface area (Å²) < 4.78 is 5.00. The zero-order valence-corrected chi connectivity index (χ0v) is 13.1. The molecule has 1 aliphatic rings. The van der Waals surface area contributed by atoms with Gasteiger partial charge in [-0.05, 0) is 25.1 Å². The normalized spacial score (nSPS) is 18.3. The molecule has 0 aliphatic carbocycles. The number of morpholine rings is 1. The zero-order valence-electron chi connectivity index (χ0n) is 13.1. The van der Waals surface area contributed by atoms with E-state index in [2.05, 4.69) is 5.32 Å². The second kappa shape index (κ2) is 7.19. The van der Waals surface area contributed by atoms with Crippen LogP contribution in [0.3, 0.4) is 0 Å². The monoisotopic (exact) mass is 321 g/mol. The lowest BCUT2D eigenvalue weighted by Gasteiger charge is -2.32. The summed E-state index contributed by atoms with van der Waals surface area (Å²) in [6.07, 6.45) is -0.0108. The van der Waals surface area contributed by atoms with Crippen molar-refractivity contribution in [3.05, 3.63) is 33.9 Å². The molecule has 1 heterocycles. The highest BCUT2D eigenvalue weighted by Crippen LogP contribution is 2.22. The van der Waals surface area contributed by atoms with E-state index in [1.807, 2.05) is 11.8 Å². The molecule has 1 amide bonds. The van der Waals surface area contributed by atoms with E-state index in [0.717, 1.165) is 0 Å². The topological polar surface area (TPSA) is 102 Å². The van der Waals surface area contributed by atoms with Crippen molar-refractivity contribution in [2.24, 2.45) is 0 Å². The molecule has 1 saturated heterocycles. The number of ether oxygens (including phenoxy) is 1. The quantitative estimate of drug-likeness (QED) is 0.501. The van der Waals surface area contributed by atoms with Crippen LogP contribution in [0.1, 0.15) is 18.9 Å².